The number of hydrogen-bond donors (Lipinski definition) is 1. The number of thioether (sulfide) groups is 1. The molecule has 0 aliphatic carbocycles. The predicted octanol–water partition coefficient (Wildman–Crippen LogP) is 2.34. The largest absolute Gasteiger partial charge is 0.353 e. The molecule has 2 aromatic rings. The van der Waals surface area contributed by atoms with Gasteiger partial charge in [-0.25, -0.2) is 14.4 Å². The molecule has 1 N–H and O–H groups in total. The van der Waals surface area contributed by atoms with Crippen LogP contribution in [-0.2, 0) is 11.3 Å². The molecule has 1 aliphatic heterocycles. The molecule has 2 heterocycles. The Morgan fingerprint density at radius 2 is 2.07 bits per heavy atom. The summed E-state index contributed by atoms with van der Waals surface area (Å²) in [6.45, 7) is 4.72. The highest BCUT2D eigenvalue weighted by molar-refractivity contribution is 7.99. The molecule has 156 valence electrons. The van der Waals surface area contributed by atoms with Crippen LogP contribution in [0, 0.1) is 12.7 Å². The summed E-state index contributed by atoms with van der Waals surface area (Å²) in [7, 11) is 3.97. The van der Waals surface area contributed by atoms with Crippen molar-refractivity contribution in [2.45, 2.75) is 36.3 Å². The number of carbonyl (C=O) groups is 1. The first-order valence-electron chi connectivity index (χ1n) is 9.78. The van der Waals surface area contributed by atoms with E-state index in [4.69, 9.17) is 0 Å². The van der Waals surface area contributed by atoms with Gasteiger partial charge in [-0.2, -0.15) is 0 Å². The lowest BCUT2D eigenvalue weighted by molar-refractivity contribution is -0.125. The summed E-state index contributed by atoms with van der Waals surface area (Å²) >= 11 is 1.62. The van der Waals surface area contributed by atoms with E-state index in [1.165, 1.54) is 12.1 Å². The van der Waals surface area contributed by atoms with Crippen molar-refractivity contribution in [1.82, 2.24) is 25.1 Å². The van der Waals surface area contributed by atoms with Crippen LogP contribution in [0.1, 0.15) is 17.7 Å². The van der Waals surface area contributed by atoms with Crippen LogP contribution >= 0.6 is 11.8 Å². The number of amides is 1. The van der Waals surface area contributed by atoms with Crippen LogP contribution in [0.15, 0.2) is 41.7 Å². The zero-order chi connectivity index (χ0) is 20.8. The number of likely N-dealkylation sites (N-methyl/N-ethyl adjacent to an activating group) is 1. The molecule has 1 amide bonds. The number of hydrogen-bond acceptors (Lipinski definition) is 6. The van der Waals surface area contributed by atoms with Crippen molar-refractivity contribution < 1.29 is 9.18 Å². The number of aromatic nitrogens is 2. The van der Waals surface area contributed by atoms with Crippen molar-refractivity contribution in [1.29, 1.82) is 0 Å². The van der Waals surface area contributed by atoms with Gasteiger partial charge in [-0.05, 0) is 51.2 Å². The monoisotopic (exact) mass is 417 g/mol. The van der Waals surface area contributed by atoms with Crippen LogP contribution in [0.5, 0.6) is 0 Å². The lowest BCUT2D eigenvalue weighted by Gasteiger charge is -2.24. The predicted molar refractivity (Wildman–Crippen MR) is 113 cm³/mol. The summed E-state index contributed by atoms with van der Waals surface area (Å²) in [5.74, 6) is -0.208. The van der Waals surface area contributed by atoms with Gasteiger partial charge in [-0.3, -0.25) is 9.69 Å². The number of benzene rings is 1. The number of nitrogens with one attached hydrogen (secondary N) is 1. The van der Waals surface area contributed by atoms with Gasteiger partial charge in [0.1, 0.15) is 5.82 Å². The maximum Gasteiger partial charge on any atom is 0.237 e. The molecule has 1 saturated heterocycles. The number of aryl methyl sites for hydroxylation is 1. The third kappa shape index (κ3) is 6.48. The van der Waals surface area contributed by atoms with E-state index in [1.807, 2.05) is 32.0 Å². The van der Waals surface area contributed by atoms with Gasteiger partial charge in [-0.15, -0.1) is 0 Å². The van der Waals surface area contributed by atoms with Crippen LogP contribution in [0.2, 0.25) is 0 Å². The Labute approximate surface area is 175 Å². The Kier molecular flexibility index (Phi) is 7.57. The second-order valence-electron chi connectivity index (χ2n) is 7.62. The number of nitrogens with zero attached hydrogens (tertiary/aromatic N) is 4. The molecule has 8 heteroatoms. The second kappa shape index (κ2) is 10.1. The van der Waals surface area contributed by atoms with Crippen molar-refractivity contribution in [3.63, 3.8) is 0 Å². The molecular formula is C21H28FN5OS. The number of carbonyl (C=O) groups excluding carboxylic acids is 1. The summed E-state index contributed by atoms with van der Waals surface area (Å²) in [5, 5.41) is 4.02. The van der Waals surface area contributed by atoms with Gasteiger partial charge in [0.15, 0.2) is 5.16 Å². The zero-order valence-electron chi connectivity index (χ0n) is 17.1. The number of rotatable bonds is 8. The topological polar surface area (TPSA) is 61.4 Å². The molecule has 1 fully saturated rings. The highest BCUT2D eigenvalue weighted by Gasteiger charge is 2.37. The van der Waals surface area contributed by atoms with Crippen LogP contribution in [-0.4, -0.2) is 70.7 Å². The third-order valence-corrected chi connectivity index (χ3v) is 5.95. The minimum atomic E-state index is -0.252. The maximum absolute atomic E-state index is 13.2. The Hall–Kier alpha value is -2.03. The smallest absolute Gasteiger partial charge is 0.237 e. The summed E-state index contributed by atoms with van der Waals surface area (Å²) in [6, 6.07) is 8.14. The molecule has 0 radical (unpaired) electrons. The Morgan fingerprint density at radius 1 is 1.31 bits per heavy atom. The van der Waals surface area contributed by atoms with Gasteiger partial charge in [0, 0.05) is 43.3 Å². The average molecular weight is 418 g/mol. The van der Waals surface area contributed by atoms with Crippen LogP contribution < -0.4 is 5.32 Å². The highest BCUT2D eigenvalue weighted by atomic mass is 32.2. The van der Waals surface area contributed by atoms with Gasteiger partial charge in [0.05, 0.1) is 6.04 Å². The van der Waals surface area contributed by atoms with Crippen LogP contribution in [0.25, 0.3) is 0 Å². The molecule has 3 rings (SSSR count). The SMILES string of the molecule is Cc1ccnc(S[C@@H]2C[C@@H](C(=O)NCCN(C)C)N(Cc3ccc(F)cc3)C2)n1. The van der Waals surface area contributed by atoms with E-state index in [2.05, 4.69) is 20.2 Å². The molecule has 0 spiro atoms. The Morgan fingerprint density at radius 3 is 2.76 bits per heavy atom. The summed E-state index contributed by atoms with van der Waals surface area (Å²) in [5.41, 5.74) is 1.93. The fourth-order valence-electron chi connectivity index (χ4n) is 3.37. The Bertz CT molecular complexity index is 817. The van der Waals surface area contributed by atoms with Crippen molar-refractivity contribution in [3.05, 3.63) is 53.6 Å². The van der Waals surface area contributed by atoms with E-state index in [0.29, 0.717) is 13.1 Å². The summed E-state index contributed by atoms with van der Waals surface area (Å²) in [4.78, 5) is 25.9. The van der Waals surface area contributed by atoms with Gasteiger partial charge in [0.25, 0.3) is 0 Å². The molecule has 0 unspecified atom stereocenters. The van der Waals surface area contributed by atoms with E-state index in [0.717, 1.165) is 35.9 Å². The first-order chi connectivity index (χ1) is 13.9. The molecule has 29 heavy (non-hydrogen) atoms. The van der Waals surface area contributed by atoms with Crippen LogP contribution in [0.4, 0.5) is 4.39 Å². The minimum absolute atomic E-state index is 0.0437. The number of likely N-dealkylation sites (tertiary alicyclic amines) is 1. The standard InChI is InChI=1S/C21H28FN5OS/c1-15-8-9-24-21(25-15)29-18-12-19(20(28)23-10-11-26(2)3)27(14-18)13-16-4-6-17(22)7-5-16/h4-9,18-19H,10-14H2,1-3H3,(H,23,28)/t18-,19+/m1/s1. The first-order valence-corrected chi connectivity index (χ1v) is 10.7. The van der Waals surface area contributed by atoms with Crippen molar-refractivity contribution >= 4 is 17.7 Å². The van der Waals surface area contributed by atoms with Gasteiger partial charge in [-0.1, -0.05) is 23.9 Å². The van der Waals surface area contributed by atoms with E-state index in [1.54, 1.807) is 30.1 Å². The summed E-state index contributed by atoms with van der Waals surface area (Å²) in [6.07, 6.45) is 2.50. The molecule has 1 aromatic carbocycles. The van der Waals surface area contributed by atoms with E-state index in [9.17, 15) is 9.18 Å². The highest BCUT2D eigenvalue weighted by Crippen LogP contribution is 2.32. The Balaban J connectivity index is 1.68. The normalized spacial score (nSPS) is 19.6. The van der Waals surface area contributed by atoms with E-state index in [-0.39, 0.29) is 23.0 Å². The molecule has 6 nitrogen and oxygen atoms in total. The van der Waals surface area contributed by atoms with Crippen molar-refractivity contribution in [2.24, 2.45) is 0 Å². The lowest BCUT2D eigenvalue weighted by atomic mass is 10.1. The van der Waals surface area contributed by atoms with Crippen LogP contribution in [0.3, 0.4) is 0 Å². The minimum Gasteiger partial charge on any atom is -0.353 e. The third-order valence-electron chi connectivity index (χ3n) is 4.87. The van der Waals surface area contributed by atoms with Gasteiger partial charge in [0.2, 0.25) is 5.91 Å². The molecule has 0 saturated carbocycles. The van der Waals surface area contributed by atoms with Crippen molar-refractivity contribution in [3.8, 4) is 0 Å². The summed E-state index contributed by atoms with van der Waals surface area (Å²) < 4.78 is 13.2. The molecule has 1 aliphatic rings. The van der Waals surface area contributed by atoms with E-state index >= 15 is 0 Å². The molecule has 1 aromatic heterocycles. The quantitative estimate of drug-likeness (QED) is 0.666. The van der Waals surface area contributed by atoms with Crippen molar-refractivity contribution in [2.75, 3.05) is 33.7 Å². The molecular weight excluding hydrogens is 389 g/mol. The fraction of sp³-hybridized carbons (Fsp3) is 0.476. The molecule has 0 bridgehead atoms. The molecule has 2 atom stereocenters. The second-order valence-corrected chi connectivity index (χ2v) is 8.89. The first kappa shape index (κ1) is 21.7. The lowest BCUT2D eigenvalue weighted by Crippen LogP contribution is -2.44. The van der Waals surface area contributed by atoms with Gasteiger partial charge >= 0.3 is 0 Å². The fourth-order valence-corrected chi connectivity index (χ4v) is 4.53. The maximum atomic E-state index is 13.2. The average Bonchev–Trinajstić information content (AvgIpc) is 3.05. The van der Waals surface area contributed by atoms with E-state index < -0.39 is 0 Å². The van der Waals surface area contributed by atoms with Gasteiger partial charge < -0.3 is 10.2 Å². The zero-order valence-corrected chi connectivity index (χ0v) is 18.0. The number of halogens is 1.